The van der Waals surface area contributed by atoms with Crippen molar-refractivity contribution in [3.63, 3.8) is 0 Å². The zero-order valence-electron chi connectivity index (χ0n) is 14.6. The fourth-order valence-corrected chi connectivity index (χ4v) is 4.08. The maximum absolute atomic E-state index is 13.1. The van der Waals surface area contributed by atoms with Gasteiger partial charge < -0.3 is 10.7 Å². The van der Waals surface area contributed by atoms with Gasteiger partial charge in [-0.15, -0.1) is 10.2 Å². The molecule has 27 heavy (non-hydrogen) atoms. The van der Waals surface area contributed by atoms with Crippen molar-refractivity contribution in [2.45, 2.75) is 29.8 Å². The van der Waals surface area contributed by atoms with Gasteiger partial charge in [0.25, 0.3) is 0 Å². The van der Waals surface area contributed by atoms with E-state index in [2.05, 4.69) is 20.9 Å². The molecule has 2 heterocycles. The highest BCUT2D eigenvalue weighted by molar-refractivity contribution is 8.00. The van der Waals surface area contributed by atoms with Crippen molar-refractivity contribution in [2.24, 2.45) is 0 Å². The van der Waals surface area contributed by atoms with Gasteiger partial charge in [0.1, 0.15) is 11.1 Å². The molecule has 4 rings (SSSR count). The van der Waals surface area contributed by atoms with Crippen LogP contribution < -0.4 is 10.7 Å². The number of aromatic nitrogens is 3. The summed E-state index contributed by atoms with van der Waals surface area (Å²) in [5.74, 6) is 0.292. The Kier molecular flexibility index (Phi) is 4.81. The summed E-state index contributed by atoms with van der Waals surface area (Å²) in [5.41, 5.74) is 4.93. The molecule has 1 amide bonds. The number of benzene rings is 2. The Morgan fingerprint density at radius 2 is 1.93 bits per heavy atom. The molecule has 0 spiro atoms. The Morgan fingerprint density at radius 3 is 2.63 bits per heavy atom. The first-order valence-electron chi connectivity index (χ1n) is 8.64. The number of rotatable bonds is 4. The van der Waals surface area contributed by atoms with E-state index in [0.29, 0.717) is 10.8 Å². The number of nitrogens with one attached hydrogen (secondary N) is 2. The van der Waals surface area contributed by atoms with E-state index in [-0.39, 0.29) is 17.8 Å². The molecule has 0 fully saturated rings. The van der Waals surface area contributed by atoms with E-state index in [4.69, 9.17) is 0 Å². The van der Waals surface area contributed by atoms with Gasteiger partial charge >= 0.3 is 0 Å². The average molecular weight is 383 g/mol. The minimum atomic E-state index is -0.459. The molecule has 1 aliphatic rings. The monoisotopic (exact) mass is 383 g/mol. The Morgan fingerprint density at radius 1 is 1.19 bits per heavy atom. The second-order valence-electron chi connectivity index (χ2n) is 6.14. The molecular formula is C19H18FN5OS. The summed E-state index contributed by atoms with van der Waals surface area (Å²) < 4.78 is 15.0. The molecule has 2 N–H and O–H groups in total. The van der Waals surface area contributed by atoms with Crippen LogP contribution in [0, 0.1) is 5.82 Å². The van der Waals surface area contributed by atoms with Crippen molar-refractivity contribution in [1.82, 2.24) is 14.9 Å². The molecule has 3 aromatic rings. The van der Waals surface area contributed by atoms with Crippen LogP contribution in [0.5, 0.6) is 0 Å². The molecule has 0 saturated carbocycles. The van der Waals surface area contributed by atoms with Gasteiger partial charge in [0, 0.05) is 12.1 Å². The van der Waals surface area contributed by atoms with Crippen LogP contribution in [0.4, 0.5) is 10.1 Å². The van der Waals surface area contributed by atoms with Crippen LogP contribution in [-0.2, 0) is 11.2 Å². The molecule has 1 aromatic heterocycles. The van der Waals surface area contributed by atoms with Crippen molar-refractivity contribution in [3.8, 4) is 0 Å². The highest BCUT2D eigenvalue weighted by Crippen LogP contribution is 2.37. The normalized spacial score (nSPS) is 18.4. The predicted molar refractivity (Wildman–Crippen MR) is 103 cm³/mol. The summed E-state index contributed by atoms with van der Waals surface area (Å²) in [7, 11) is 0. The molecule has 0 bridgehead atoms. The Labute approximate surface area is 160 Å². The number of aryl methyl sites for hydroxylation is 1. The molecule has 138 valence electrons. The third-order valence-corrected chi connectivity index (χ3v) is 5.56. The fraction of sp³-hybridized carbons (Fsp3) is 0.211. The summed E-state index contributed by atoms with van der Waals surface area (Å²) in [4.78, 5) is 13.0. The van der Waals surface area contributed by atoms with Gasteiger partial charge in [-0.1, -0.05) is 49.0 Å². The Bertz CT molecular complexity index is 944. The van der Waals surface area contributed by atoms with Gasteiger partial charge in [-0.25, -0.2) is 9.07 Å². The lowest BCUT2D eigenvalue weighted by atomic mass is 10.0. The highest BCUT2D eigenvalue weighted by atomic mass is 32.2. The van der Waals surface area contributed by atoms with E-state index in [1.165, 1.54) is 23.9 Å². The second kappa shape index (κ2) is 7.40. The quantitative estimate of drug-likeness (QED) is 0.723. The second-order valence-corrected chi connectivity index (χ2v) is 7.25. The van der Waals surface area contributed by atoms with Crippen molar-refractivity contribution in [2.75, 3.05) is 10.7 Å². The van der Waals surface area contributed by atoms with Gasteiger partial charge in [0.15, 0.2) is 5.82 Å². The van der Waals surface area contributed by atoms with Gasteiger partial charge in [-0.05, 0) is 29.8 Å². The smallest absolute Gasteiger partial charge is 0.240 e. The van der Waals surface area contributed by atoms with E-state index >= 15 is 0 Å². The zero-order chi connectivity index (χ0) is 18.8. The largest absolute Gasteiger partial charge is 0.325 e. The number of nitrogens with zero attached hydrogens (tertiary/aromatic N) is 3. The molecule has 1 aliphatic heterocycles. The lowest BCUT2D eigenvalue weighted by Gasteiger charge is -2.32. The lowest BCUT2D eigenvalue weighted by molar-refractivity contribution is -0.116. The third-order valence-electron chi connectivity index (χ3n) is 4.35. The standard InChI is InChI=1S/C19H18FN5OS/c1-2-15-22-23-19-25(15)24-16(12-6-4-3-5-7-12)17(27-19)18(26)21-14-10-8-13(20)9-11-14/h3-11,16-17,24H,2H2,1H3,(H,21,26)/t16-,17-/m0/s1. The topological polar surface area (TPSA) is 71.8 Å². The number of hydrogen-bond acceptors (Lipinski definition) is 5. The highest BCUT2D eigenvalue weighted by Gasteiger charge is 2.37. The molecule has 2 aromatic carbocycles. The molecule has 0 unspecified atom stereocenters. The summed E-state index contributed by atoms with van der Waals surface area (Å²) >= 11 is 1.37. The number of hydrogen-bond donors (Lipinski definition) is 2. The van der Waals surface area contributed by atoms with E-state index in [1.807, 2.05) is 41.9 Å². The van der Waals surface area contributed by atoms with Gasteiger partial charge in [-0.3, -0.25) is 4.79 Å². The summed E-state index contributed by atoms with van der Waals surface area (Å²) in [6, 6.07) is 15.3. The molecule has 0 saturated heterocycles. The van der Waals surface area contributed by atoms with Gasteiger partial charge in [0.2, 0.25) is 11.1 Å². The van der Waals surface area contributed by atoms with Crippen LogP contribution in [0.1, 0.15) is 24.4 Å². The summed E-state index contributed by atoms with van der Waals surface area (Å²) in [6.45, 7) is 2.01. The van der Waals surface area contributed by atoms with E-state index in [0.717, 1.165) is 17.8 Å². The first-order valence-corrected chi connectivity index (χ1v) is 9.52. The van der Waals surface area contributed by atoms with E-state index in [1.54, 1.807) is 12.1 Å². The van der Waals surface area contributed by atoms with E-state index in [9.17, 15) is 9.18 Å². The fourth-order valence-electron chi connectivity index (χ4n) is 2.98. The Balaban J connectivity index is 1.65. The first-order chi connectivity index (χ1) is 13.2. The molecule has 0 aliphatic carbocycles. The summed E-state index contributed by atoms with van der Waals surface area (Å²) in [5, 5.41) is 11.4. The number of carbonyl (C=O) groups is 1. The molecule has 8 heteroatoms. The molecular weight excluding hydrogens is 365 g/mol. The molecule has 0 radical (unpaired) electrons. The Hall–Kier alpha value is -2.87. The molecule has 2 atom stereocenters. The van der Waals surface area contributed by atoms with Crippen LogP contribution in [-0.4, -0.2) is 26.0 Å². The van der Waals surface area contributed by atoms with Crippen molar-refractivity contribution in [1.29, 1.82) is 0 Å². The number of halogens is 1. The minimum Gasteiger partial charge on any atom is -0.325 e. The number of anilines is 1. The zero-order valence-corrected chi connectivity index (χ0v) is 15.4. The number of amides is 1. The number of thioether (sulfide) groups is 1. The van der Waals surface area contributed by atoms with Gasteiger partial charge in [-0.2, -0.15) is 0 Å². The maximum atomic E-state index is 13.1. The van der Waals surface area contributed by atoms with Crippen LogP contribution in [0.3, 0.4) is 0 Å². The predicted octanol–water partition coefficient (Wildman–Crippen LogP) is 3.38. The minimum absolute atomic E-state index is 0.180. The third kappa shape index (κ3) is 3.52. The first kappa shape index (κ1) is 17.5. The number of carbonyl (C=O) groups excluding carboxylic acids is 1. The van der Waals surface area contributed by atoms with Crippen molar-refractivity contribution >= 4 is 23.4 Å². The number of fused-ring (bicyclic) bond motifs is 1. The van der Waals surface area contributed by atoms with Crippen LogP contribution in [0.25, 0.3) is 0 Å². The van der Waals surface area contributed by atoms with Crippen LogP contribution in [0.15, 0.2) is 59.8 Å². The van der Waals surface area contributed by atoms with E-state index < -0.39 is 5.25 Å². The van der Waals surface area contributed by atoms with Crippen molar-refractivity contribution < 1.29 is 9.18 Å². The average Bonchev–Trinajstić information content (AvgIpc) is 3.11. The molecule has 6 nitrogen and oxygen atoms in total. The van der Waals surface area contributed by atoms with Crippen LogP contribution in [0.2, 0.25) is 0 Å². The van der Waals surface area contributed by atoms with Crippen molar-refractivity contribution in [3.05, 3.63) is 71.8 Å². The lowest BCUT2D eigenvalue weighted by Crippen LogP contribution is -2.41. The van der Waals surface area contributed by atoms with Gasteiger partial charge in [0.05, 0.1) is 6.04 Å². The summed E-state index contributed by atoms with van der Waals surface area (Å²) in [6.07, 6.45) is 0.731. The SMILES string of the molecule is CCc1nnc2n1N[C@@H](c1ccccc1)[C@@H](C(=O)Nc1ccc(F)cc1)S2. The van der Waals surface area contributed by atoms with Crippen LogP contribution >= 0.6 is 11.8 Å². The maximum Gasteiger partial charge on any atom is 0.240 e.